The van der Waals surface area contributed by atoms with Gasteiger partial charge in [0.15, 0.2) is 11.6 Å². The number of piperidine rings is 1. The molecular formula is C18H17F4N3O4S. The van der Waals surface area contributed by atoms with E-state index in [0.29, 0.717) is 0 Å². The van der Waals surface area contributed by atoms with Gasteiger partial charge in [-0.05, 0) is 11.8 Å². The van der Waals surface area contributed by atoms with E-state index in [4.69, 9.17) is 9.84 Å². The summed E-state index contributed by atoms with van der Waals surface area (Å²) >= 11 is 4.45. The fraction of sp³-hybridized carbons (Fsp3) is 0.500. The monoisotopic (exact) mass is 447 g/mol. The van der Waals surface area contributed by atoms with Crippen molar-refractivity contribution in [3.05, 3.63) is 23.8 Å². The molecule has 0 bridgehead atoms. The average molecular weight is 447 g/mol. The zero-order valence-electron chi connectivity index (χ0n) is 15.4. The van der Waals surface area contributed by atoms with E-state index < -0.39 is 47.1 Å². The molecule has 0 aromatic heterocycles. The highest BCUT2D eigenvalue weighted by atomic mass is 32.1. The van der Waals surface area contributed by atoms with Crippen LogP contribution in [0.3, 0.4) is 0 Å². The van der Waals surface area contributed by atoms with Gasteiger partial charge in [0, 0.05) is 25.2 Å². The molecule has 3 fully saturated rings. The van der Waals surface area contributed by atoms with Crippen LogP contribution in [-0.2, 0) is 9.53 Å². The maximum absolute atomic E-state index is 14.7. The van der Waals surface area contributed by atoms with Gasteiger partial charge in [0.2, 0.25) is 0 Å². The standard InChI is InChI=1S/C18H17F4N3O4S/c19-11-1-7(25-4-8(29-18(25)28)3-23-16(30)15(21)22)2-12(20)14(11)24-5-9-10(6-24)13(9)17(26)27/h1-2,8-10,13,15H,3-6H2,(H,23,30)(H,26,27)/t8-,9-,10+,13?/m0/s1. The van der Waals surface area contributed by atoms with Crippen molar-refractivity contribution in [2.45, 2.75) is 12.5 Å². The summed E-state index contributed by atoms with van der Waals surface area (Å²) in [6.07, 6.45) is -4.52. The molecule has 2 N–H and O–H groups in total. The fourth-order valence-corrected chi connectivity index (χ4v) is 4.30. The van der Waals surface area contributed by atoms with Crippen molar-refractivity contribution >= 4 is 40.6 Å². The zero-order valence-corrected chi connectivity index (χ0v) is 16.2. The largest absolute Gasteiger partial charge is 0.481 e. The van der Waals surface area contributed by atoms with Crippen molar-refractivity contribution in [1.29, 1.82) is 0 Å². The predicted molar refractivity (Wildman–Crippen MR) is 101 cm³/mol. The third-order valence-corrected chi connectivity index (χ3v) is 6.01. The number of carbonyl (C=O) groups is 2. The van der Waals surface area contributed by atoms with Crippen LogP contribution in [0.4, 0.5) is 33.7 Å². The van der Waals surface area contributed by atoms with E-state index in [-0.39, 0.29) is 49.4 Å². The minimum absolute atomic E-state index is 0.0644. The highest BCUT2D eigenvalue weighted by molar-refractivity contribution is 7.80. The van der Waals surface area contributed by atoms with Gasteiger partial charge in [-0.25, -0.2) is 22.4 Å². The summed E-state index contributed by atoms with van der Waals surface area (Å²) in [6, 6.07) is 2.00. The third kappa shape index (κ3) is 3.64. The number of cyclic esters (lactones) is 1. The van der Waals surface area contributed by atoms with Crippen LogP contribution in [0, 0.1) is 29.4 Å². The van der Waals surface area contributed by atoms with E-state index in [9.17, 15) is 27.2 Å². The first-order valence-corrected chi connectivity index (χ1v) is 9.59. The number of carboxylic acid groups (broad SMARTS) is 1. The molecule has 2 aliphatic heterocycles. The number of rotatable bonds is 6. The van der Waals surface area contributed by atoms with Crippen molar-refractivity contribution in [3.8, 4) is 0 Å². The number of hydrogen-bond donors (Lipinski definition) is 2. The Balaban J connectivity index is 1.43. The number of thiocarbonyl (C=S) groups is 1. The lowest BCUT2D eigenvalue weighted by Gasteiger charge is -2.24. The maximum atomic E-state index is 14.7. The van der Waals surface area contributed by atoms with Crippen LogP contribution in [0.25, 0.3) is 0 Å². The first kappa shape index (κ1) is 20.6. The Bertz CT molecular complexity index is 882. The van der Waals surface area contributed by atoms with Crippen molar-refractivity contribution in [2.75, 3.05) is 36.0 Å². The molecule has 3 aliphatic rings. The normalized spacial score (nSPS) is 27.3. The van der Waals surface area contributed by atoms with Gasteiger partial charge >= 0.3 is 12.1 Å². The second-order valence-electron chi connectivity index (χ2n) is 7.52. The third-order valence-electron chi connectivity index (χ3n) is 5.68. The summed E-state index contributed by atoms with van der Waals surface area (Å²) in [7, 11) is 0. The average Bonchev–Trinajstić information content (AvgIpc) is 2.98. The van der Waals surface area contributed by atoms with Crippen molar-refractivity contribution in [3.63, 3.8) is 0 Å². The molecule has 30 heavy (non-hydrogen) atoms. The van der Waals surface area contributed by atoms with Crippen LogP contribution in [0.2, 0.25) is 0 Å². The SMILES string of the molecule is O=C(O)C1[C@H]2CN(c3c(F)cc(N4C[C@H](CNC(=S)C(F)F)OC4=O)cc3F)C[C@@H]12. The number of carbonyl (C=O) groups excluding carboxylic acids is 1. The van der Waals surface area contributed by atoms with Crippen molar-refractivity contribution < 1.29 is 37.0 Å². The smallest absolute Gasteiger partial charge is 0.414 e. The molecule has 0 spiro atoms. The Morgan fingerprint density at radius 1 is 1.23 bits per heavy atom. The number of benzene rings is 1. The summed E-state index contributed by atoms with van der Waals surface area (Å²) in [5.74, 6) is -3.37. The molecule has 162 valence electrons. The van der Waals surface area contributed by atoms with E-state index in [0.717, 1.165) is 17.0 Å². The molecule has 1 aliphatic carbocycles. The number of carboxylic acids is 1. The maximum Gasteiger partial charge on any atom is 0.414 e. The van der Waals surface area contributed by atoms with Gasteiger partial charge in [0.25, 0.3) is 6.43 Å². The van der Waals surface area contributed by atoms with Crippen LogP contribution < -0.4 is 15.1 Å². The van der Waals surface area contributed by atoms with Gasteiger partial charge < -0.3 is 20.1 Å². The molecule has 0 radical (unpaired) electrons. The molecule has 4 atom stereocenters. The second-order valence-corrected chi connectivity index (χ2v) is 7.96. The summed E-state index contributed by atoms with van der Waals surface area (Å²) in [5, 5.41) is 11.3. The molecule has 2 saturated heterocycles. The summed E-state index contributed by atoms with van der Waals surface area (Å²) in [4.78, 5) is 24.9. The Morgan fingerprint density at radius 2 is 1.83 bits per heavy atom. The summed E-state index contributed by atoms with van der Waals surface area (Å²) in [6.45, 7) is 0.247. The van der Waals surface area contributed by atoms with Crippen LogP contribution in [0.15, 0.2) is 12.1 Å². The quantitative estimate of drug-likeness (QED) is 0.511. The Kier molecular flexibility index (Phi) is 5.20. The van der Waals surface area contributed by atoms with Gasteiger partial charge in [-0.2, -0.15) is 0 Å². The van der Waals surface area contributed by atoms with Gasteiger partial charge in [-0.15, -0.1) is 0 Å². The molecule has 1 aromatic rings. The lowest BCUT2D eigenvalue weighted by Crippen LogP contribution is -2.36. The van der Waals surface area contributed by atoms with E-state index in [1.54, 1.807) is 0 Å². The predicted octanol–water partition coefficient (Wildman–Crippen LogP) is 2.24. The molecule has 2 heterocycles. The molecular weight excluding hydrogens is 430 g/mol. The lowest BCUT2D eigenvalue weighted by molar-refractivity contribution is -0.139. The van der Waals surface area contributed by atoms with Gasteiger partial charge in [0.05, 0.1) is 24.7 Å². The molecule has 1 unspecified atom stereocenters. The lowest BCUT2D eigenvalue weighted by atomic mass is 10.2. The number of halogens is 4. The topological polar surface area (TPSA) is 82.1 Å². The van der Waals surface area contributed by atoms with Crippen molar-refractivity contribution in [2.24, 2.45) is 17.8 Å². The number of amides is 1. The minimum atomic E-state index is -2.84. The van der Waals surface area contributed by atoms with Gasteiger partial charge in [-0.3, -0.25) is 9.69 Å². The summed E-state index contributed by atoms with van der Waals surface area (Å²) in [5.41, 5.74) is -0.325. The van der Waals surface area contributed by atoms with E-state index in [2.05, 4.69) is 17.5 Å². The molecule has 7 nitrogen and oxygen atoms in total. The minimum Gasteiger partial charge on any atom is -0.481 e. The van der Waals surface area contributed by atoms with Crippen LogP contribution in [-0.4, -0.2) is 60.9 Å². The van der Waals surface area contributed by atoms with Crippen LogP contribution in [0.1, 0.15) is 0 Å². The number of anilines is 2. The van der Waals surface area contributed by atoms with E-state index >= 15 is 0 Å². The van der Waals surface area contributed by atoms with Crippen LogP contribution in [0.5, 0.6) is 0 Å². The number of hydrogen-bond acceptors (Lipinski definition) is 5. The van der Waals surface area contributed by atoms with Gasteiger partial charge in [-0.1, -0.05) is 12.2 Å². The van der Waals surface area contributed by atoms with Crippen molar-refractivity contribution in [1.82, 2.24) is 5.32 Å². The number of aliphatic carboxylic acids is 1. The Hall–Kier alpha value is -2.63. The highest BCUT2D eigenvalue weighted by Gasteiger charge is 2.60. The number of nitrogens with one attached hydrogen (secondary N) is 1. The highest BCUT2D eigenvalue weighted by Crippen LogP contribution is 2.53. The molecule has 1 saturated carbocycles. The van der Waals surface area contributed by atoms with Crippen LogP contribution >= 0.6 is 12.2 Å². The number of ether oxygens (including phenoxy) is 1. The second kappa shape index (κ2) is 7.56. The molecule has 1 amide bonds. The number of fused-ring (bicyclic) bond motifs is 1. The number of nitrogens with zero attached hydrogens (tertiary/aromatic N) is 2. The summed E-state index contributed by atoms with van der Waals surface area (Å²) < 4.78 is 59.3. The molecule has 1 aromatic carbocycles. The zero-order chi connectivity index (χ0) is 21.7. The number of alkyl halides is 2. The van der Waals surface area contributed by atoms with Gasteiger partial charge in [0.1, 0.15) is 16.8 Å². The fourth-order valence-electron chi connectivity index (χ4n) is 4.22. The van der Waals surface area contributed by atoms with E-state index in [1.165, 1.54) is 4.90 Å². The van der Waals surface area contributed by atoms with E-state index in [1.807, 2.05) is 0 Å². The molecule has 4 rings (SSSR count). The first-order valence-electron chi connectivity index (χ1n) is 9.18. The first-order chi connectivity index (χ1) is 14.2. The molecule has 12 heteroatoms. The Labute approximate surface area is 173 Å². The Morgan fingerprint density at radius 3 is 2.37 bits per heavy atom.